The van der Waals surface area contributed by atoms with E-state index in [1.807, 2.05) is 0 Å². The van der Waals surface area contributed by atoms with E-state index in [0.29, 0.717) is 41.2 Å². The van der Waals surface area contributed by atoms with Crippen molar-refractivity contribution in [2.45, 2.75) is 51.6 Å². The van der Waals surface area contributed by atoms with E-state index in [-0.39, 0.29) is 5.97 Å². The molecule has 0 aliphatic rings. The fourth-order valence-electron chi connectivity index (χ4n) is 3.24. The van der Waals surface area contributed by atoms with E-state index >= 15 is 0 Å². The SMILES string of the molecule is C=C(C)C(=O)OCCCCCCCCOc1ccc(C(C#N)=Cc2ccc(C(F)(F)F)cc2)cc1. The highest BCUT2D eigenvalue weighted by molar-refractivity contribution is 5.89. The molecule has 7 heteroatoms. The maximum Gasteiger partial charge on any atom is 0.416 e. The minimum Gasteiger partial charge on any atom is -0.494 e. The number of carbonyl (C=O) groups excluding carboxylic acids is 1. The molecule has 4 nitrogen and oxygen atoms in total. The van der Waals surface area contributed by atoms with Crippen LogP contribution in [0.4, 0.5) is 13.2 Å². The van der Waals surface area contributed by atoms with Crippen molar-refractivity contribution in [3.8, 4) is 11.8 Å². The molecule has 0 unspecified atom stereocenters. The van der Waals surface area contributed by atoms with Crippen molar-refractivity contribution in [3.05, 3.63) is 77.4 Å². The molecule has 0 spiro atoms. The van der Waals surface area contributed by atoms with E-state index in [4.69, 9.17) is 9.47 Å². The fourth-order valence-corrected chi connectivity index (χ4v) is 3.24. The smallest absolute Gasteiger partial charge is 0.416 e. The molecule has 2 aromatic carbocycles. The van der Waals surface area contributed by atoms with Crippen LogP contribution in [0.25, 0.3) is 11.6 Å². The van der Waals surface area contributed by atoms with Crippen molar-refractivity contribution >= 4 is 17.6 Å². The number of esters is 1. The Labute approximate surface area is 204 Å². The zero-order valence-electron chi connectivity index (χ0n) is 19.9. The summed E-state index contributed by atoms with van der Waals surface area (Å²) in [7, 11) is 0. The third-order valence-corrected chi connectivity index (χ3v) is 5.22. The average molecular weight is 486 g/mol. The first kappa shape index (κ1) is 27.7. The summed E-state index contributed by atoms with van der Waals surface area (Å²) in [4.78, 5) is 11.3. The Morgan fingerprint density at radius 3 is 2.06 bits per heavy atom. The molecule has 0 amide bonds. The largest absolute Gasteiger partial charge is 0.494 e. The van der Waals surface area contributed by atoms with Crippen molar-refractivity contribution in [2.24, 2.45) is 0 Å². The van der Waals surface area contributed by atoms with Gasteiger partial charge in [0.05, 0.1) is 30.4 Å². The Morgan fingerprint density at radius 2 is 1.51 bits per heavy atom. The number of unbranched alkanes of at least 4 members (excludes halogenated alkanes) is 5. The molecule has 186 valence electrons. The predicted molar refractivity (Wildman–Crippen MR) is 130 cm³/mol. The van der Waals surface area contributed by atoms with E-state index < -0.39 is 11.7 Å². The molecule has 2 aromatic rings. The number of rotatable bonds is 13. The third kappa shape index (κ3) is 10.1. The Bertz CT molecular complexity index is 1030. The highest BCUT2D eigenvalue weighted by atomic mass is 19.4. The summed E-state index contributed by atoms with van der Waals surface area (Å²) in [6.45, 7) is 6.19. The standard InChI is InChI=1S/C28H30F3NO3/c1-21(2)27(33)35-18-8-6-4-3-5-7-17-34-26-15-11-23(12-16-26)24(20-32)19-22-9-13-25(14-10-22)28(29,30)31/h9-16,19H,1,3-8,17-18H2,2H3. The van der Waals surface area contributed by atoms with E-state index in [9.17, 15) is 23.2 Å². The summed E-state index contributed by atoms with van der Waals surface area (Å²) in [6, 6.07) is 13.9. The van der Waals surface area contributed by atoms with E-state index in [1.54, 1.807) is 37.3 Å². The van der Waals surface area contributed by atoms with Gasteiger partial charge in [-0.1, -0.05) is 44.4 Å². The molecule has 2 rings (SSSR count). The van der Waals surface area contributed by atoms with Crippen LogP contribution >= 0.6 is 0 Å². The topological polar surface area (TPSA) is 59.3 Å². The van der Waals surface area contributed by atoms with Gasteiger partial charge >= 0.3 is 12.1 Å². The van der Waals surface area contributed by atoms with Crippen LogP contribution in [0, 0.1) is 11.3 Å². The van der Waals surface area contributed by atoms with Gasteiger partial charge in [0.1, 0.15) is 5.75 Å². The summed E-state index contributed by atoms with van der Waals surface area (Å²) in [5.41, 5.74) is 1.22. The summed E-state index contributed by atoms with van der Waals surface area (Å²) in [5, 5.41) is 9.48. The van der Waals surface area contributed by atoms with Gasteiger partial charge in [0.15, 0.2) is 0 Å². The summed E-state index contributed by atoms with van der Waals surface area (Å²) < 4.78 is 48.9. The fraction of sp³-hybridized carbons (Fsp3) is 0.357. The number of nitrogens with zero attached hydrogens (tertiary/aromatic N) is 1. The average Bonchev–Trinajstić information content (AvgIpc) is 2.83. The molecule has 0 atom stereocenters. The van der Waals surface area contributed by atoms with Crippen LogP contribution in [-0.2, 0) is 15.7 Å². The maximum absolute atomic E-state index is 12.7. The van der Waals surface area contributed by atoms with Gasteiger partial charge in [-0.25, -0.2) is 4.79 Å². The lowest BCUT2D eigenvalue weighted by atomic mass is 10.0. The third-order valence-electron chi connectivity index (χ3n) is 5.22. The number of allylic oxidation sites excluding steroid dienone is 1. The van der Waals surface area contributed by atoms with E-state index in [2.05, 4.69) is 12.6 Å². The molecule has 0 fully saturated rings. The van der Waals surface area contributed by atoms with Crippen molar-refractivity contribution in [1.82, 2.24) is 0 Å². The minimum absolute atomic E-state index is 0.339. The van der Waals surface area contributed by atoms with E-state index in [1.165, 1.54) is 12.1 Å². The molecule has 35 heavy (non-hydrogen) atoms. The van der Waals surface area contributed by atoms with Crippen LogP contribution in [0.3, 0.4) is 0 Å². The van der Waals surface area contributed by atoms with Gasteiger partial charge in [-0.3, -0.25) is 0 Å². The second kappa shape index (κ2) is 14.0. The molecular formula is C28H30F3NO3. The Balaban J connectivity index is 1.70. The first-order chi connectivity index (χ1) is 16.7. The number of hydrogen-bond donors (Lipinski definition) is 0. The number of nitriles is 1. The molecule has 0 aliphatic carbocycles. The van der Waals surface area contributed by atoms with Crippen molar-refractivity contribution in [2.75, 3.05) is 13.2 Å². The maximum atomic E-state index is 12.7. The number of carbonyl (C=O) groups is 1. The van der Waals surface area contributed by atoms with Crippen molar-refractivity contribution in [1.29, 1.82) is 5.26 Å². The van der Waals surface area contributed by atoms with Crippen LogP contribution < -0.4 is 4.74 Å². The molecular weight excluding hydrogens is 455 g/mol. The van der Waals surface area contributed by atoms with Crippen LogP contribution in [0.2, 0.25) is 0 Å². The Hall–Kier alpha value is -3.53. The number of hydrogen-bond acceptors (Lipinski definition) is 4. The van der Waals surface area contributed by atoms with Gasteiger partial charge in [-0.05, 0) is 73.4 Å². The van der Waals surface area contributed by atoms with Crippen molar-refractivity contribution in [3.63, 3.8) is 0 Å². The van der Waals surface area contributed by atoms with Gasteiger partial charge in [0.2, 0.25) is 0 Å². The van der Waals surface area contributed by atoms with Gasteiger partial charge in [0.25, 0.3) is 0 Å². The van der Waals surface area contributed by atoms with Crippen LogP contribution in [-0.4, -0.2) is 19.2 Å². The molecule has 0 aromatic heterocycles. The quantitative estimate of drug-likeness (QED) is 0.0963. The lowest BCUT2D eigenvalue weighted by molar-refractivity contribution is -0.139. The molecule has 0 heterocycles. The number of alkyl halides is 3. The van der Waals surface area contributed by atoms with Crippen LogP contribution in [0.1, 0.15) is 62.1 Å². The van der Waals surface area contributed by atoms with Gasteiger partial charge in [-0.15, -0.1) is 0 Å². The first-order valence-electron chi connectivity index (χ1n) is 11.6. The van der Waals surface area contributed by atoms with Crippen molar-refractivity contribution < 1.29 is 27.4 Å². The predicted octanol–water partition coefficient (Wildman–Crippen LogP) is 7.61. The summed E-state index contributed by atoms with van der Waals surface area (Å²) in [6.07, 6.45) is 3.13. The summed E-state index contributed by atoms with van der Waals surface area (Å²) in [5.74, 6) is 0.356. The molecule has 0 saturated heterocycles. The Kier molecular flexibility index (Phi) is 11.1. The zero-order chi connectivity index (χ0) is 25.7. The second-order valence-corrected chi connectivity index (χ2v) is 8.20. The molecule has 0 N–H and O–H groups in total. The lowest BCUT2D eigenvalue weighted by Crippen LogP contribution is -2.06. The molecule has 0 aliphatic heterocycles. The summed E-state index contributed by atoms with van der Waals surface area (Å²) >= 11 is 0. The second-order valence-electron chi connectivity index (χ2n) is 8.20. The highest BCUT2D eigenvalue weighted by Gasteiger charge is 2.29. The monoisotopic (exact) mass is 485 g/mol. The minimum atomic E-state index is -4.39. The first-order valence-corrected chi connectivity index (χ1v) is 11.6. The number of halogens is 3. The number of ether oxygens (including phenoxy) is 2. The zero-order valence-corrected chi connectivity index (χ0v) is 19.9. The lowest BCUT2D eigenvalue weighted by Gasteiger charge is -2.08. The molecule has 0 bridgehead atoms. The Morgan fingerprint density at radius 1 is 0.943 bits per heavy atom. The molecule has 0 saturated carbocycles. The highest BCUT2D eigenvalue weighted by Crippen LogP contribution is 2.30. The van der Waals surface area contributed by atoms with Gasteiger partial charge in [-0.2, -0.15) is 18.4 Å². The van der Waals surface area contributed by atoms with Gasteiger partial charge < -0.3 is 9.47 Å². The molecule has 0 radical (unpaired) electrons. The van der Waals surface area contributed by atoms with Crippen LogP contribution in [0.15, 0.2) is 60.7 Å². The van der Waals surface area contributed by atoms with Gasteiger partial charge in [0, 0.05) is 5.57 Å². The van der Waals surface area contributed by atoms with Crippen LogP contribution in [0.5, 0.6) is 5.75 Å². The van der Waals surface area contributed by atoms with E-state index in [0.717, 1.165) is 50.7 Å². The normalized spacial score (nSPS) is 11.6. The number of benzene rings is 2.